The van der Waals surface area contributed by atoms with E-state index >= 15 is 0 Å². The van der Waals surface area contributed by atoms with Crippen molar-refractivity contribution in [2.45, 2.75) is 10.4 Å². The molecule has 0 saturated carbocycles. The van der Waals surface area contributed by atoms with Crippen LogP contribution in [-0.2, 0) is 9.84 Å². The smallest absolute Gasteiger partial charge is 0.214 e. The summed E-state index contributed by atoms with van der Waals surface area (Å²) in [6, 6.07) is 3.14. The number of hydrogen-bond donors (Lipinski definition) is 0. The second kappa shape index (κ2) is 4.21. The predicted octanol–water partition coefficient (Wildman–Crippen LogP) is 3.35. The fourth-order valence-corrected chi connectivity index (χ4v) is 2.54. The zero-order valence-corrected chi connectivity index (χ0v) is 11.4. The van der Waals surface area contributed by atoms with Crippen molar-refractivity contribution in [3.8, 4) is 0 Å². The minimum absolute atomic E-state index is 0.401. The molecule has 0 N–H and O–H groups in total. The van der Waals surface area contributed by atoms with Crippen LogP contribution in [0.1, 0.15) is 0 Å². The van der Waals surface area contributed by atoms with Crippen molar-refractivity contribution in [3.05, 3.63) is 26.2 Å². The summed E-state index contributed by atoms with van der Waals surface area (Å²) in [5.41, 5.74) is -5.26. The molecule has 0 fully saturated rings. The molecular formula is C7H3BrF3IO2S. The first-order valence-electron chi connectivity index (χ1n) is 3.42. The van der Waals surface area contributed by atoms with Crippen LogP contribution in [0, 0.1) is 3.57 Å². The van der Waals surface area contributed by atoms with E-state index in [1.807, 2.05) is 0 Å². The van der Waals surface area contributed by atoms with Gasteiger partial charge in [0.2, 0.25) is 0 Å². The van der Waals surface area contributed by atoms with E-state index in [0.29, 0.717) is 8.04 Å². The summed E-state index contributed by atoms with van der Waals surface area (Å²) in [6.45, 7) is 0. The highest BCUT2D eigenvalue weighted by Crippen LogP contribution is 2.32. The Labute approximate surface area is 106 Å². The van der Waals surface area contributed by atoms with E-state index in [4.69, 9.17) is 0 Å². The molecule has 0 unspecified atom stereocenters. The van der Waals surface area contributed by atoms with Gasteiger partial charge in [-0.05, 0) is 56.7 Å². The molecule has 0 amide bonds. The Bertz CT molecular complexity index is 483. The van der Waals surface area contributed by atoms with Crippen LogP contribution in [0.15, 0.2) is 27.6 Å². The van der Waals surface area contributed by atoms with E-state index < -0.39 is 20.2 Å². The topological polar surface area (TPSA) is 34.1 Å². The third-order valence-electron chi connectivity index (χ3n) is 1.51. The van der Waals surface area contributed by atoms with Crippen molar-refractivity contribution in [2.75, 3.05) is 0 Å². The summed E-state index contributed by atoms with van der Waals surface area (Å²) >= 11 is 4.80. The van der Waals surface area contributed by atoms with E-state index in [2.05, 4.69) is 15.9 Å². The van der Waals surface area contributed by atoms with E-state index in [-0.39, 0.29) is 0 Å². The summed E-state index contributed by atoms with van der Waals surface area (Å²) in [5, 5.41) is 0. The van der Waals surface area contributed by atoms with E-state index in [1.54, 1.807) is 22.6 Å². The van der Waals surface area contributed by atoms with Gasteiger partial charge in [0.1, 0.15) is 0 Å². The van der Waals surface area contributed by atoms with Gasteiger partial charge in [0, 0.05) is 8.04 Å². The SMILES string of the molecule is O=S(=O)(c1ccc(Br)c(I)c1)C(F)(F)F. The molecule has 0 saturated heterocycles. The molecule has 8 heteroatoms. The second-order valence-corrected chi connectivity index (χ2v) is 6.48. The summed E-state index contributed by atoms with van der Waals surface area (Å²) in [7, 11) is -5.24. The van der Waals surface area contributed by atoms with Gasteiger partial charge in [-0.25, -0.2) is 8.42 Å². The maximum Gasteiger partial charge on any atom is 0.501 e. The molecule has 84 valence electrons. The fourth-order valence-electron chi connectivity index (χ4n) is 0.778. The lowest BCUT2D eigenvalue weighted by Crippen LogP contribution is -2.23. The third kappa shape index (κ3) is 2.64. The molecule has 0 aliphatic rings. The molecule has 0 spiro atoms. The first-order chi connectivity index (χ1) is 6.66. The van der Waals surface area contributed by atoms with Crippen LogP contribution in [0.2, 0.25) is 0 Å². The first kappa shape index (κ1) is 13.2. The maximum absolute atomic E-state index is 12.1. The van der Waals surface area contributed by atoms with Crippen molar-refractivity contribution in [3.63, 3.8) is 0 Å². The Morgan fingerprint density at radius 3 is 2.20 bits per heavy atom. The molecule has 0 bridgehead atoms. The molecule has 2 nitrogen and oxygen atoms in total. The molecule has 1 aromatic rings. The van der Waals surface area contributed by atoms with Crippen LogP contribution >= 0.6 is 38.5 Å². The quantitative estimate of drug-likeness (QED) is 0.660. The Balaban J connectivity index is 3.36. The minimum atomic E-state index is -5.26. The summed E-state index contributed by atoms with van der Waals surface area (Å²) in [5.74, 6) is 0. The van der Waals surface area contributed by atoms with Gasteiger partial charge in [-0.3, -0.25) is 0 Å². The molecule has 0 radical (unpaired) electrons. The van der Waals surface area contributed by atoms with Gasteiger partial charge in [0.05, 0.1) is 4.90 Å². The zero-order chi connectivity index (χ0) is 11.9. The van der Waals surface area contributed by atoms with Gasteiger partial charge in [-0.1, -0.05) is 0 Å². The second-order valence-electron chi connectivity index (χ2n) is 2.53. The standard InChI is InChI=1S/C7H3BrF3IO2S/c8-5-2-1-4(3-6(5)12)15(13,14)7(9,10)11/h1-3H. The molecular weight excluding hydrogens is 412 g/mol. The first-order valence-corrected chi connectivity index (χ1v) is 6.78. The van der Waals surface area contributed by atoms with Gasteiger partial charge in [-0.2, -0.15) is 13.2 Å². The van der Waals surface area contributed by atoms with Crippen LogP contribution in [-0.4, -0.2) is 13.9 Å². The number of benzene rings is 1. The van der Waals surface area contributed by atoms with E-state index in [9.17, 15) is 21.6 Å². The monoisotopic (exact) mass is 414 g/mol. The lowest BCUT2D eigenvalue weighted by Gasteiger charge is -2.08. The van der Waals surface area contributed by atoms with Crippen LogP contribution < -0.4 is 0 Å². The normalized spacial score (nSPS) is 12.9. The molecule has 15 heavy (non-hydrogen) atoms. The van der Waals surface area contributed by atoms with Crippen molar-refractivity contribution in [2.24, 2.45) is 0 Å². The van der Waals surface area contributed by atoms with Crippen molar-refractivity contribution < 1.29 is 21.6 Å². The number of sulfone groups is 1. The Morgan fingerprint density at radius 2 is 1.80 bits per heavy atom. The lowest BCUT2D eigenvalue weighted by atomic mass is 10.4. The molecule has 0 aromatic heterocycles. The third-order valence-corrected chi connectivity index (χ3v) is 5.32. The predicted molar refractivity (Wildman–Crippen MR) is 60.1 cm³/mol. The van der Waals surface area contributed by atoms with Crippen molar-refractivity contribution >= 4 is 48.4 Å². The molecule has 0 aliphatic heterocycles. The zero-order valence-electron chi connectivity index (χ0n) is 6.85. The molecule has 0 heterocycles. The molecule has 1 rings (SSSR count). The van der Waals surface area contributed by atoms with E-state index in [1.165, 1.54) is 6.07 Å². The number of alkyl halides is 3. The highest BCUT2D eigenvalue weighted by Gasteiger charge is 2.46. The molecule has 0 atom stereocenters. The highest BCUT2D eigenvalue weighted by atomic mass is 127. The van der Waals surface area contributed by atoms with Crippen LogP contribution in [0.5, 0.6) is 0 Å². The minimum Gasteiger partial charge on any atom is -0.214 e. The Hall–Kier alpha value is 0.170. The molecule has 0 aliphatic carbocycles. The highest BCUT2D eigenvalue weighted by molar-refractivity contribution is 14.1. The average molecular weight is 415 g/mol. The average Bonchev–Trinajstić information content (AvgIpc) is 2.07. The Kier molecular flexibility index (Phi) is 3.71. The van der Waals surface area contributed by atoms with Crippen molar-refractivity contribution in [1.29, 1.82) is 0 Å². The van der Waals surface area contributed by atoms with Gasteiger partial charge < -0.3 is 0 Å². The Morgan fingerprint density at radius 1 is 1.27 bits per heavy atom. The number of rotatable bonds is 1. The van der Waals surface area contributed by atoms with Gasteiger partial charge in [0.15, 0.2) is 0 Å². The number of halogens is 5. The van der Waals surface area contributed by atoms with Gasteiger partial charge in [-0.15, -0.1) is 0 Å². The molecule has 1 aromatic carbocycles. The summed E-state index contributed by atoms with van der Waals surface area (Å²) < 4.78 is 59.3. The fraction of sp³-hybridized carbons (Fsp3) is 0.143. The largest absolute Gasteiger partial charge is 0.501 e. The van der Waals surface area contributed by atoms with Crippen molar-refractivity contribution in [1.82, 2.24) is 0 Å². The van der Waals surface area contributed by atoms with Gasteiger partial charge in [0.25, 0.3) is 9.84 Å². The van der Waals surface area contributed by atoms with E-state index in [0.717, 1.165) is 12.1 Å². The number of hydrogen-bond acceptors (Lipinski definition) is 2. The van der Waals surface area contributed by atoms with Crippen LogP contribution in [0.4, 0.5) is 13.2 Å². The van der Waals surface area contributed by atoms with Crippen LogP contribution in [0.3, 0.4) is 0 Å². The maximum atomic E-state index is 12.1. The van der Waals surface area contributed by atoms with Crippen LogP contribution in [0.25, 0.3) is 0 Å². The summed E-state index contributed by atoms with van der Waals surface area (Å²) in [6.07, 6.45) is 0. The summed E-state index contributed by atoms with van der Waals surface area (Å²) in [4.78, 5) is -0.748. The van der Waals surface area contributed by atoms with Gasteiger partial charge >= 0.3 is 5.51 Å². The lowest BCUT2D eigenvalue weighted by molar-refractivity contribution is -0.0436.